The number of nitrogens with two attached hydrogens (primary N) is 1. The molecule has 0 saturated carbocycles. The molecule has 1 aliphatic rings. The predicted octanol–water partition coefficient (Wildman–Crippen LogP) is 2.99. The summed E-state index contributed by atoms with van der Waals surface area (Å²) in [4.78, 5) is 3.29. The van der Waals surface area contributed by atoms with Gasteiger partial charge in [0, 0.05) is 11.8 Å². The van der Waals surface area contributed by atoms with Crippen LogP contribution in [0.25, 0.3) is 0 Å². The number of alkyl halides is 3. The fourth-order valence-electron chi connectivity index (χ4n) is 1.80. The Kier molecular flexibility index (Phi) is 3.89. The molecule has 1 fully saturated rings. The van der Waals surface area contributed by atoms with E-state index in [2.05, 4.69) is 10.3 Å². The Morgan fingerprint density at radius 2 is 2.28 bits per heavy atom. The van der Waals surface area contributed by atoms with Crippen molar-refractivity contribution in [1.82, 2.24) is 4.98 Å². The molecule has 100 valence electrons. The van der Waals surface area contributed by atoms with Gasteiger partial charge in [0.05, 0.1) is 17.6 Å². The Balaban J connectivity index is 2.06. The van der Waals surface area contributed by atoms with Crippen LogP contribution in [-0.4, -0.2) is 22.5 Å². The van der Waals surface area contributed by atoms with Crippen molar-refractivity contribution in [2.24, 2.45) is 0 Å². The highest BCUT2D eigenvalue weighted by Gasteiger charge is 2.33. The first kappa shape index (κ1) is 13.3. The van der Waals surface area contributed by atoms with Crippen LogP contribution in [0.15, 0.2) is 12.3 Å². The summed E-state index contributed by atoms with van der Waals surface area (Å²) in [7, 11) is 0. The van der Waals surface area contributed by atoms with Gasteiger partial charge in [0.2, 0.25) is 0 Å². The summed E-state index contributed by atoms with van der Waals surface area (Å²) in [6, 6.07) is 0.967. The number of thioether (sulfide) groups is 1. The normalized spacial score (nSPS) is 20.1. The van der Waals surface area contributed by atoms with Gasteiger partial charge in [-0.05, 0) is 24.7 Å². The Bertz CT molecular complexity index is 416. The van der Waals surface area contributed by atoms with E-state index in [1.807, 2.05) is 11.8 Å². The SMILES string of the molecule is Nc1cnc(C(F)(F)F)cc1NCC1CCCS1. The van der Waals surface area contributed by atoms with Gasteiger partial charge < -0.3 is 11.1 Å². The molecule has 7 heteroatoms. The van der Waals surface area contributed by atoms with Crippen LogP contribution in [0.1, 0.15) is 18.5 Å². The molecular formula is C11H14F3N3S. The third-order valence-corrected chi connectivity index (χ3v) is 4.17. The van der Waals surface area contributed by atoms with Gasteiger partial charge in [-0.1, -0.05) is 0 Å². The summed E-state index contributed by atoms with van der Waals surface area (Å²) < 4.78 is 37.5. The maximum absolute atomic E-state index is 12.5. The Morgan fingerprint density at radius 1 is 1.50 bits per heavy atom. The van der Waals surface area contributed by atoms with Gasteiger partial charge in [-0.3, -0.25) is 0 Å². The van der Waals surface area contributed by atoms with E-state index in [9.17, 15) is 13.2 Å². The van der Waals surface area contributed by atoms with Gasteiger partial charge in [0.25, 0.3) is 0 Å². The van der Waals surface area contributed by atoms with Crippen LogP contribution in [0.3, 0.4) is 0 Å². The van der Waals surface area contributed by atoms with Crippen molar-refractivity contribution in [3.05, 3.63) is 18.0 Å². The Morgan fingerprint density at radius 3 is 2.89 bits per heavy atom. The number of nitrogen functional groups attached to an aromatic ring is 1. The fraction of sp³-hybridized carbons (Fsp3) is 0.545. The lowest BCUT2D eigenvalue weighted by Gasteiger charge is -2.14. The number of hydrogen-bond acceptors (Lipinski definition) is 4. The molecule has 1 unspecified atom stereocenters. The molecule has 0 spiro atoms. The van der Waals surface area contributed by atoms with Crippen molar-refractivity contribution >= 4 is 23.1 Å². The van der Waals surface area contributed by atoms with Crippen molar-refractivity contribution in [2.75, 3.05) is 23.3 Å². The number of nitrogens with zero attached hydrogens (tertiary/aromatic N) is 1. The number of nitrogens with one attached hydrogen (secondary N) is 1. The summed E-state index contributed by atoms with van der Waals surface area (Å²) in [5, 5.41) is 3.43. The lowest BCUT2D eigenvalue weighted by Crippen LogP contribution is -2.16. The quantitative estimate of drug-likeness (QED) is 0.891. The number of hydrogen-bond donors (Lipinski definition) is 2. The molecule has 0 aromatic carbocycles. The third kappa shape index (κ3) is 3.22. The predicted molar refractivity (Wildman–Crippen MR) is 67.6 cm³/mol. The second-order valence-corrected chi connectivity index (χ2v) is 5.58. The first-order valence-corrected chi connectivity index (χ1v) is 6.70. The van der Waals surface area contributed by atoms with E-state index in [4.69, 9.17) is 5.73 Å². The second-order valence-electron chi connectivity index (χ2n) is 4.17. The number of anilines is 2. The molecule has 3 nitrogen and oxygen atoms in total. The summed E-state index contributed by atoms with van der Waals surface area (Å²) in [6.45, 7) is 0.635. The molecule has 2 rings (SSSR count). The highest BCUT2D eigenvalue weighted by molar-refractivity contribution is 8.00. The highest BCUT2D eigenvalue weighted by Crippen LogP contribution is 2.32. The van der Waals surface area contributed by atoms with E-state index in [0.29, 0.717) is 17.5 Å². The standard InChI is InChI=1S/C11H14F3N3S/c12-11(13,14)10-4-9(8(15)6-17-10)16-5-7-2-1-3-18-7/h4,6-7H,1-3,5,15H2,(H,16,17). The van der Waals surface area contributed by atoms with Crippen molar-refractivity contribution in [2.45, 2.75) is 24.3 Å². The van der Waals surface area contributed by atoms with Crippen LogP contribution in [0.2, 0.25) is 0 Å². The lowest BCUT2D eigenvalue weighted by molar-refractivity contribution is -0.141. The van der Waals surface area contributed by atoms with Crippen molar-refractivity contribution in [3.8, 4) is 0 Å². The summed E-state index contributed by atoms with van der Waals surface area (Å²) in [6.07, 6.45) is -1.13. The van der Waals surface area contributed by atoms with Gasteiger partial charge in [-0.2, -0.15) is 24.9 Å². The van der Waals surface area contributed by atoms with Crippen LogP contribution < -0.4 is 11.1 Å². The molecule has 2 heterocycles. The minimum Gasteiger partial charge on any atom is -0.396 e. The van der Waals surface area contributed by atoms with Gasteiger partial charge >= 0.3 is 6.18 Å². The summed E-state index contributed by atoms with van der Waals surface area (Å²) in [5.74, 6) is 1.12. The minimum atomic E-state index is -4.44. The highest BCUT2D eigenvalue weighted by atomic mass is 32.2. The Labute approximate surface area is 107 Å². The monoisotopic (exact) mass is 277 g/mol. The van der Waals surface area contributed by atoms with Crippen molar-refractivity contribution < 1.29 is 13.2 Å². The lowest BCUT2D eigenvalue weighted by atomic mass is 10.2. The first-order valence-electron chi connectivity index (χ1n) is 5.65. The van der Waals surface area contributed by atoms with Crippen LogP contribution in [-0.2, 0) is 6.18 Å². The van der Waals surface area contributed by atoms with E-state index in [-0.39, 0.29) is 5.69 Å². The van der Waals surface area contributed by atoms with Gasteiger partial charge in [-0.15, -0.1) is 0 Å². The van der Waals surface area contributed by atoms with Gasteiger partial charge in [-0.25, -0.2) is 4.98 Å². The smallest absolute Gasteiger partial charge is 0.396 e. The zero-order valence-electron chi connectivity index (χ0n) is 9.63. The van der Waals surface area contributed by atoms with E-state index < -0.39 is 11.9 Å². The molecule has 1 aliphatic heterocycles. The van der Waals surface area contributed by atoms with E-state index >= 15 is 0 Å². The molecule has 1 aromatic rings. The maximum atomic E-state index is 12.5. The largest absolute Gasteiger partial charge is 0.433 e. The molecule has 1 saturated heterocycles. The molecule has 0 aliphatic carbocycles. The molecule has 1 atom stereocenters. The van der Waals surface area contributed by atoms with Crippen LogP contribution in [0.5, 0.6) is 0 Å². The molecule has 0 bridgehead atoms. The van der Waals surface area contributed by atoms with Crippen LogP contribution >= 0.6 is 11.8 Å². The zero-order chi connectivity index (χ0) is 13.2. The summed E-state index contributed by atoms with van der Waals surface area (Å²) >= 11 is 1.84. The minimum absolute atomic E-state index is 0.242. The number of halogens is 3. The van der Waals surface area contributed by atoms with Crippen LogP contribution in [0, 0.1) is 0 Å². The van der Waals surface area contributed by atoms with Gasteiger partial charge in [0.1, 0.15) is 5.69 Å². The van der Waals surface area contributed by atoms with Crippen molar-refractivity contribution in [1.29, 1.82) is 0 Å². The average molecular weight is 277 g/mol. The van der Waals surface area contributed by atoms with E-state index in [1.165, 1.54) is 0 Å². The second kappa shape index (κ2) is 5.26. The van der Waals surface area contributed by atoms with Crippen LogP contribution in [0.4, 0.5) is 24.5 Å². The Hall–Kier alpha value is -1.11. The molecule has 3 N–H and O–H groups in total. The van der Waals surface area contributed by atoms with Gasteiger partial charge in [0.15, 0.2) is 0 Å². The first-order chi connectivity index (χ1) is 8.47. The topological polar surface area (TPSA) is 50.9 Å². The molecule has 0 amide bonds. The van der Waals surface area contributed by atoms with Crippen molar-refractivity contribution in [3.63, 3.8) is 0 Å². The van der Waals surface area contributed by atoms with E-state index in [1.54, 1.807) is 0 Å². The number of aromatic nitrogens is 1. The van der Waals surface area contributed by atoms with E-state index in [0.717, 1.165) is 30.9 Å². The third-order valence-electron chi connectivity index (χ3n) is 2.77. The molecular weight excluding hydrogens is 263 g/mol. The maximum Gasteiger partial charge on any atom is 0.433 e. The zero-order valence-corrected chi connectivity index (χ0v) is 10.4. The average Bonchev–Trinajstić information content (AvgIpc) is 2.79. The number of pyridine rings is 1. The molecule has 0 radical (unpaired) electrons. The summed E-state index contributed by atoms with van der Waals surface area (Å²) in [5.41, 5.74) is 5.25. The number of rotatable bonds is 3. The molecule has 1 aromatic heterocycles. The molecule has 18 heavy (non-hydrogen) atoms. The fourth-order valence-corrected chi connectivity index (χ4v) is 3.00.